The molecule has 0 fully saturated rings. The first kappa shape index (κ1) is 15.8. The number of nitrogens with one attached hydrogen (secondary N) is 1. The van der Waals surface area contributed by atoms with Crippen LogP contribution in [0.5, 0.6) is 11.5 Å². The van der Waals surface area contributed by atoms with Gasteiger partial charge >= 0.3 is 0 Å². The van der Waals surface area contributed by atoms with E-state index in [-0.39, 0.29) is 23.0 Å². The average Bonchev–Trinajstić information content (AvgIpc) is 3.12. The second kappa shape index (κ2) is 5.99. The SMILES string of the molecule is COc1c(O)ccc2c1N=C(NC(=O)c1cnc(N)nc1)N1CCN=C21. The molecule has 10 nitrogen and oxygen atoms in total. The average molecular weight is 353 g/mol. The third-order valence-electron chi connectivity index (χ3n) is 4.03. The molecule has 0 bridgehead atoms. The van der Waals surface area contributed by atoms with Crippen molar-refractivity contribution in [2.45, 2.75) is 0 Å². The van der Waals surface area contributed by atoms with Crippen LogP contribution in [-0.4, -0.2) is 57.9 Å². The van der Waals surface area contributed by atoms with Gasteiger partial charge in [0, 0.05) is 24.5 Å². The second-order valence-corrected chi connectivity index (χ2v) is 5.59. The Bertz CT molecular complexity index is 953. The number of nitrogens with two attached hydrogens (primary N) is 1. The van der Waals surface area contributed by atoms with E-state index in [0.717, 1.165) is 5.56 Å². The molecule has 0 unspecified atom stereocenters. The Morgan fingerprint density at radius 1 is 1.35 bits per heavy atom. The molecule has 4 N–H and O–H groups in total. The van der Waals surface area contributed by atoms with E-state index < -0.39 is 5.91 Å². The van der Waals surface area contributed by atoms with Gasteiger partial charge in [-0.15, -0.1) is 0 Å². The summed E-state index contributed by atoms with van der Waals surface area (Å²) in [4.78, 5) is 30.9. The molecule has 10 heteroatoms. The molecule has 3 heterocycles. The zero-order chi connectivity index (χ0) is 18.3. The van der Waals surface area contributed by atoms with Crippen LogP contribution in [0, 0.1) is 0 Å². The normalized spacial score (nSPS) is 14.9. The highest BCUT2D eigenvalue weighted by Crippen LogP contribution is 2.42. The number of hydrogen-bond donors (Lipinski definition) is 3. The van der Waals surface area contributed by atoms with Gasteiger partial charge in [-0.1, -0.05) is 0 Å². The van der Waals surface area contributed by atoms with Crippen molar-refractivity contribution in [2.24, 2.45) is 9.98 Å². The lowest BCUT2D eigenvalue weighted by molar-refractivity contribution is 0.0973. The molecule has 4 rings (SSSR count). The molecule has 0 saturated heterocycles. The molecule has 2 aliphatic heterocycles. The van der Waals surface area contributed by atoms with Crippen molar-refractivity contribution in [3.8, 4) is 11.5 Å². The molecular formula is C16H15N7O3. The first-order chi connectivity index (χ1) is 12.6. The van der Waals surface area contributed by atoms with Crippen LogP contribution in [0.1, 0.15) is 15.9 Å². The Hall–Kier alpha value is -3.69. The molecule has 2 aromatic rings. The first-order valence-corrected chi connectivity index (χ1v) is 7.78. The van der Waals surface area contributed by atoms with Gasteiger partial charge in [0.2, 0.25) is 11.9 Å². The number of phenolic OH excluding ortho intramolecular Hbond substituents is 1. The minimum atomic E-state index is -0.433. The largest absolute Gasteiger partial charge is 0.504 e. The Kier molecular flexibility index (Phi) is 3.64. The van der Waals surface area contributed by atoms with Crippen LogP contribution in [0.4, 0.5) is 11.6 Å². The number of aromatic hydroxyl groups is 1. The van der Waals surface area contributed by atoms with E-state index in [4.69, 9.17) is 10.5 Å². The third-order valence-corrected chi connectivity index (χ3v) is 4.03. The fraction of sp³-hybridized carbons (Fsp3) is 0.188. The minimum Gasteiger partial charge on any atom is -0.504 e. The highest BCUT2D eigenvalue weighted by molar-refractivity contribution is 6.20. The predicted molar refractivity (Wildman–Crippen MR) is 93.8 cm³/mol. The minimum absolute atomic E-state index is 0.0420. The topological polar surface area (TPSA) is 138 Å². The molecular weight excluding hydrogens is 338 g/mol. The summed E-state index contributed by atoms with van der Waals surface area (Å²) in [6.45, 7) is 1.15. The van der Waals surface area contributed by atoms with Crippen LogP contribution in [0.3, 0.4) is 0 Å². The van der Waals surface area contributed by atoms with E-state index in [2.05, 4.69) is 25.3 Å². The summed E-state index contributed by atoms with van der Waals surface area (Å²) < 4.78 is 5.27. The number of anilines is 1. The number of ether oxygens (including phenoxy) is 1. The van der Waals surface area contributed by atoms with Crippen molar-refractivity contribution >= 4 is 29.3 Å². The van der Waals surface area contributed by atoms with Crippen LogP contribution in [-0.2, 0) is 0 Å². The molecule has 1 aromatic carbocycles. The number of aliphatic imine (C=N–C) groups is 2. The number of aromatic nitrogens is 2. The van der Waals surface area contributed by atoms with E-state index in [0.29, 0.717) is 30.6 Å². The fourth-order valence-electron chi connectivity index (χ4n) is 2.83. The monoisotopic (exact) mass is 353 g/mol. The van der Waals surface area contributed by atoms with Crippen molar-refractivity contribution in [3.63, 3.8) is 0 Å². The number of nitrogens with zero attached hydrogens (tertiary/aromatic N) is 5. The smallest absolute Gasteiger partial charge is 0.261 e. The maximum absolute atomic E-state index is 12.5. The molecule has 0 aliphatic carbocycles. The summed E-state index contributed by atoms with van der Waals surface area (Å²) in [5.74, 6) is 0.785. The summed E-state index contributed by atoms with van der Waals surface area (Å²) in [7, 11) is 1.44. The number of nitrogen functional groups attached to an aromatic ring is 1. The maximum atomic E-state index is 12.5. The van der Waals surface area contributed by atoms with Crippen molar-refractivity contribution in [1.29, 1.82) is 0 Å². The van der Waals surface area contributed by atoms with Crippen molar-refractivity contribution in [3.05, 3.63) is 35.7 Å². The van der Waals surface area contributed by atoms with Crippen molar-refractivity contribution in [1.82, 2.24) is 20.2 Å². The number of phenols is 1. The predicted octanol–water partition coefficient (Wildman–Crippen LogP) is 0.266. The highest BCUT2D eigenvalue weighted by atomic mass is 16.5. The van der Waals surface area contributed by atoms with E-state index in [1.54, 1.807) is 11.0 Å². The van der Waals surface area contributed by atoms with E-state index >= 15 is 0 Å². The van der Waals surface area contributed by atoms with Crippen LogP contribution < -0.4 is 15.8 Å². The van der Waals surface area contributed by atoms with Gasteiger partial charge in [-0.05, 0) is 12.1 Å². The Balaban J connectivity index is 1.74. The number of amides is 1. The van der Waals surface area contributed by atoms with Crippen LogP contribution in [0.15, 0.2) is 34.5 Å². The van der Waals surface area contributed by atoms with Gasteiger partial charge in [-0.2, -0.15) is 0 Å². The molecule has 0 atom stereocenters. The van der Waals surface area contributed by atoms with Gasteiger partial charge in [0.05, 0.1) is 19.2 Å². The Labute approximate surface area is 148 Å². The molecule has 2 aliphatic rings. The Morgan fingerprint density at radius 2 is 2.12 bits per heavy atom. The summed E-state index contributed by atoms with van der Waals surface area (Å²) in [5.41, 5.74) is 6.82. The fourth-order valence-corrected chi connectivity index (χ4v) is 2.83. The molecule has 1 amide bonds. The van der Waals surface area contributed by atoms with Crippen molar-refractivity contribution < 1.29 is 14.6 Å². The van der Waals surface area contributed by atoms with Gasteiger partial charge in [0.25, 0.3) is 5.91 Å². The first-order valence-electron chi connectivity index (χ1n) is 7.78. The zero-order valence-corrected chi connectivity index (χ0v) is 13.8. The number of carbonyl (C=O) groups is 1. The lowest BCUT2D eigenvalue weighted by Crippen LogP contribution is -2.47. The van der Waals surface area contributed by atoms with Crippen LogP contribution >= 0.6 is 0 Å². The maximum Gasteiger partial charge on any atom is 0.261 e. The van der Waals surface area contributed by atoms with Gasteiger partial charge in [0.15, 0.2) is 11.5 Å². The van der Waals surface area contributed by atoms with E-state index in [9.17, 15) is 9.90 Å². The third kappa shape index (κ3) is 2.48. The number of rotatable bonds is 2. The molecule has 0 saturated carbocycles. The van der Waals surface area contributed by atoms with Crippen LogP contribution in [0.25, 0.3) is 0 Å². The lowest BCUT2D eigenvalue weighted by Gasteiger charge is -2.28. The standard InChI is InChI=1S/C16H15N7O3/c1-26-12-10(24)3-2-9-11(12)21-16(23-5-4-18-13(9)23)22-14(25)8-6-19-15(17)20-7-8/h2-3,6-7,24H,4-5H2,1H3,(H2,17,19,20)(H,21,22,25). The molecule has 0 spiro atoms. The van der Waals surface area contributed by atoms with Gasteiger partial charge < -0.3 is 15.6 Å². The molecule has 132 valence electrons. The number of amidine groups is 1. The summed E-state index contributed by atoms with van der Waals surface area (Å²) in [5, 5.41) is 12.8. The van der Waals surface area contributed by atoms with Crippen LogP contribution in [0.2, 0.25) is 0 Å². The second-order valence-electron chi connectivity index (χ2n) is 5.59. The zero-order valence-electron chi connectivity index (χ0n) is 13.8. The summed E-state index contributed by atoms with van der Waals surface area (Å²) >= 11 is 0. The number of fused-ring (bicyclic) bond motifs is 3. The molecule has 0 radical (unpaired) electrons. The van der Waals surface area contributed by atoms with E-state index in [1.807, 2.05) is 0 Å². The van der Waals surface area contributed by atoms with E-state index in [1.165, 1.54) is 25.6 Å². The van der Waals surface area contributed by atoms with Crippen molar-refractivity contribution in [2.75, 3.05) is 25.9 Å². The summed E-state index contributed by atoms with van der Waals surface area (Å²) in [6.07, 6.45) is 2.67. The van der Waals surface area contributed by atoms with Gasteiger partial charge in [-0.3, -0.25) is 20.0 Å². The highest BCUT2D eigenvalue weighted by Gasteiger charge is 2.33. The number of hydrogen-bond acceptors (Lipinski definition) is 9. The molecule has 1 aromatic heterocycles. The summed E-state index contributed by atoms with van der Waals surface area (Å²) in [6, 6.07) is 3.25. The quantitative estimate of drug-likeness (QED) is 0.704. The van der Waals surface area contributed by atoms with Gasteiger partial charge in [0.1, 0.15) is 11.5 Å². The van der Waals surface area contributed by atoms with Gasteiger partial charge in [-0.25, -0.2) is 15.0 Å². The number of guanidine groups is 1. The lowest BCUT2D eigenvalue weighted by atomic mass is 10.1. The Morgan fingerprint density at radius 3 is 2.85 bits per heavy atom. The number of carbonyl (C=O) groups excluding carboxylic acids is 1. The number of benzene rings is 1. The number of methoxy groups -OCH3 is 1. The molecule has 26 heavy (non-hydrogen) atoms.